The molecule has 0 amide bonds. The van der Waals surface area contributed by atoms with Gasteiger partial charge < -0.3 is 10.1 Å². The molecule has 0 bridgehead atoms. The molecule has 0 aromatic carbocycles. The topological polar surface area (TPSA) is 56.2 Å². The minimum absolute atomic E-state index is 0.158. The summed E-state index contributed by atoms with van der Waals surface area (Å²) in [5, 5.41) is 7.53. The molecule has 0 spiro atoms. The zero-order chi connectivity index (χ0) is 14.1. The predicted molar refractivity (Wildman–Crippen MR) is 75.3 cm³/mol. The fourth-order valence-electron chi connectivity index (χ4n) is 2.00. The Kier molecular flexibility index (Phi) is 7.36. The van der Waals surface area contributed by atoms with Gasteiger partial charge in [0.05, 0.1) is 31.3 Å². The van der Waals surface area contributed by atoms with Gasteiger partial charge in [-0.05, 0) is 18.9 Å². The largest absolute Gasteiger partial charge is 0.383 e. The van der Waals surface area contributed by atoms with Gasteiger partial charge >= 0.3 is 0 Å². The second-order valence-electron chi connectivity index (χ2n) is 4.64. The van der Waals surface area contributed by atoms with Crippen molar-refractivity contribution in [2.45, 2.75) is 39.2 Å². The molecule has 0 fully saturated rings. The van der Waals surface area contributed by atoms with Crippen LogP contribution >= 0.6 is 0 Å². The number of nitrogens with one attached hydrogen (secondary N) is 1. The van der Waals surface area contributed by atoms with Crippen molar-refractivity contribution in [1.82, 2.24) is 15.1 Å². The van der Waals surface area contributed by atoms with Crippen LogP contribution in [-0.4, -0.2) is 42.4 Å². The predicted octanol–water partition coefficient (Wildman–Crippen LogP) is 1.59. The second-order valence-corrected chi connectivity index (χ2v) is 4.64. The number of hydrogen-bond donors (Lipinski definition) is 1. The van der Waals surface area contributed by atoms with Crippen LogP contribution in [0.15, 0.2) is 12.3 Å². The van der Waals surface area contributed by atoms with Crippen LogP contribution in [0, 0.1) is 0 Å². The van der Waals surface area contributed by atoms with E-state index >= 15 is 0 Å². The lowest BCUT2D eigenvalue weighted by Gasteiger charge is -2.12. The molecule has 1 aromatic rings. The number of carbonyl (C=O) groups excluding carboxylic acids is 1. The first-order chi connectivity index (χ1) is 9.21. The average Bonchev–Trinajstić information content (AvgIpc) is 2.84. The number of rotatable bonds is 10. The first-order valence-corrected chi connectivity index (χ1v) is 6.96. The highest BCUT2D eigenvalue weighted by Gasteiger charge is 2.10. The lowest BCUT2D eigenvalue weighted by Crippen LogP contribution is -2.27. The van der Waals surface area contributed by atoms with Crippen LogP contribution in [0.25, 0.3) is 0 Å². The molecule has 1 rings (SSSR count). The molecule has 1 aromatic heterocycles. The SMILES string of the molecule is CCC(CC)n1ccc(CC(=O)CNCCOC)n1. The summed E-state index contributed by atoms with van der Waals surface area (Å²) in [4.78, 5) is 11.7. The van der Waals surface area contributed by atoms with Crippen LogP contribution in [0.4, 0.5) is 0 Å². The van der Waals surface area contributed by atoms with Crippen LogP contribution in [0.5, 0.6) is 0 Å². The van der Waals surface area contributed by atoms with Crippen molar-refractivity contribution in [3.63, 3.8) is 0 Å². The third kappa shape index (κ3) is 5.53. The van der Waals surface area contributed by atoms with E-state index in [1.807, 2.05) is 16.9 Å². The normalized spacial score (nSPS) is 11.2. The maximum atomic E-state index is 11.7. The summed E-state index contributed by atoms with van der Waals surface area (Å²) in [6.07, 6.45) is 4.49. The summed E-state index contributed by atoms with van der Waals surface area (Å²) in [5.41, 5.74) is 0.852. The number of ketones is 1. The summed E-state index contributed by atoms with van der Waals surface area (Å²) in [7, 11) is 1.65. The van der Waals surface area contributed by atoms with Crippen molar-refractivity contribution in [3.05, 3.63) is 18.0 Å². The molecule has 5 nitrogen and oxygen atoms in total. The Balaban J connectivity index is 2.38. The van der Waals surface area contributed by atoms with Crippen LogP contribution in [-0.2, 0) is 16.0 Å². The number of Topliss-reactive ketones (excluding diaryl/α,β-unsaturated/α-hetero) is 1. The van der Waals surface area contributed by atoms with E-state index in [4.69, 9.17) is 4.74 Å². The molecule has 0 aliphatic carbocycles. The molecular formula is C14H25N3O2. The monoisotopic (exact) mass is 267 g/mol. The Bertz CT molecular complexity index is 373. The van der Waals surface area contributed by atoms with Gasteiger partial charge in [-0.1, -0.05) is 13.8 Å². The zero-order valence-electron chi connectivity index (χ0n) is 12.2. The number of methoxy groups -OCH3 is 1. The van der Waals surface area contributed by atoms with Crippen LogP contribution in [0.2, 0.25) is 0 Å². The highest BCUT2D eigenvalue weighted by Crippen LogP contribution is 2.14. The molecule has 0 aliphatic heterocycles. The lowest BCUT2D eigenvalue weighted by atomic mass is 10.2. The Morgan fingerprint density at radius 1 is 1.47 bits per heavy atom. The fraction of sp³-hybridized carbons (Fsp3) is 0.714. The lowest BCUT2D eigenvalue weighted by molar-refractivity contribution is -0.117. The van der Waals surface area contributed by atoms with E-state index in [9.17, 15) is 4.79 Å². The maximum Gasteiger partial charge on any atom is 0.152 e. The molecule has 0 saturated carbocycles. The molecule has 1 N–H and O–H groups in total. The summed E-state index contributed by atoms with van der Waals surface area (Å²) >= 11 is 0. The maximum absolute atomic E-state index is 11.7. The van der Waals surface area contributed by atoms with E-state index in [0.29, 0.717) is 32.2 Å². The summed E-state index contributed by atoms with van der Waals surface area (Å²) in [6, 6.07) is 2.37. The molecule has 0 atom stereocenters. The van der Waals surface area contributed by atoms with Gasteiger partial charge in [-0.25, -0.2) is 0 Å². The zero-order valence-corrected chi connectivity index (χ0v) is 12.2. The van der Waals surface area contributed by atoms with Crippen LogP contribution in [0.3, 0.4) is 0 Å². The minimum Gasteiger partial charge on any atom is -0.383 e. The molecule has 19 heavy (non-hydrogen) atoms. The van der Waals surface area contributed by atoms with Crippen LogP contribution in [0.1, 0.15) is 38.4 Å². The van der Waals surface area contributed by atoms with Crippen molar-refractivity contribution in [3.8, 4) is 0 Å². The highest BCUT2D eigenvalue weighted by atomic mass is 16.5. The van der Waals surface area contributed by atoms with E-state index in [0.717, 1.165) is 18.5 Å². The molecule has 0 unspecified atom stereocenters. The summed E-state index contributed by atoms with van der Waals surface area (Å²) in [5.74, 6) is 0.158. The Morgan fingerprint density at radius 3 is 2.84 bits per heavy atom. The van der Waals surface area contributed by atoms with Gasteiger partial charge in [-0.2, -0.15) is 5.10 Å². The van der Waals surface area contributed by atoms with Crippen molar-refractivity contribution >= 4 is 5.78 Å². The minimum atomic E-state index is 0.158. The average molecular weight is 267 g/mol. The van der Waals surface area contributed by atoms with Gasteiger partial charge in [-0.15, -0.1) is 0 Å². The number of hydrogen-bond acceptors (Lipinski definition) is 4. The number of ether oxygens (including phenoxy) is 1. The highest BCUT2D eigenvalue weighted by molar-refractivity contribution is 5.82. The van der Waals surface area contributed by atoms with Crippen LogP contribution < -0.4 is 5.32 Å². The van der Waals surface area contributed by atoms with Gasteiger partial charge in [0, 0.05) is 19.9 Å². The fourth-order valence-corrected chi connectivity index (χ4v) is 2.00. The van der Waals surface area contributed by atoms with Gasteiger partial charge in [0.15, 0.2) is 5.78 Å². The quantitative estimate of drug-likeness (QED) is 0.654. The third-order valence-corrected chi connectivity index (χ3v) is 3.16. The first-order valence-electron chi connectivity index (χ1n) is 6.96. The standard InChI is InChI=1S/C14H25N3O2/c1-4-13(5-2)17-8-6-12(16-17)10-14(18)11-15-7-9-19-3/h6,8,13,15H,4-5,7,9-11H2,1-3H3. The van der Waals surface area contributed by atoms with Crippen molar-refractivity contribution in [2.24, 2.45) is 0 Å². The van der Waals surface area contributed by atoms with Gasteiger partial charge in [0.1, 0.15) is 0 Å². The molecule has 5 heteroatoms. The van der Waals surface area contributed by atoms with E-state index in [1.54, 1.807) is 7.11 Å². The number of carbonyl (C=O) groups is 1. The molecule has 1 heterocycles. The van der Waals surface area contributed by atoms with Gasteiger partial charge in [0.2, 0.25) is 0 Å². The molecule has 0 radical (unpaired) electrons. The van der Waals surface area contributed by atoms with Crippen molar-refractivity contribution in [1.29, 1.82) is 0 Å². The van der Waals surface area contributed by atoms with Crippen molar-refractivity contribution in [2.75, 3.05) is 26.8 Å². The third-order valence-electron chi connectivity index (χ3n) is 3.16. The van der Waals surface area contributed by atoms with Gasteiger partial charge in [0.25, 0.3) is 0 Å². The van der Waals surface area contributed by atoms with E-state index in [1.165, 1.54) is 0 Å². The molecular weight excluding hydrogens is 242 g/mol. The molecule has 0 aliphatic rings. The Hall–Kier alpha value is -1.20. The van der Waals surface area contributed by atoms with E-state index in [-0.39, 0.29) is 5.78 Å². The Labute approximate surface area is 115 Å². The second kappa shape index (κ2) is 8.82. The number of aromatic nitrogens is 2. The molecule has 0 saturated heterocycles. The molecule has 108 valence electrons. The summed E-state index contributed by atoms with van der Waals surface area (Å²) < 4.78 is 6.88. The van der Waals surface area contributed by atoms with Crippen molar-refractivity contribution < 1.29 is 9.53 Å². The van der Waals surface area contributed by atoms with E-state index in [2.05, 4.69) is 24.3 Å². The van der Waals surface area contributed by atoms with E-state index < -0.39 is 0 Å². The number of nitrogens with zero attached hydrogens (tertiary/aromatic N) is 2. The first kappa shape index (κ1) is 15.9. The smallest absolute Gasteiger partial charge is 0.152 e. The Morgan fingerprint density at radius 2 is 2.21 bits per heavy atom. The van der Waals surface area contributed by atoms with Gasteiger partial charge in [-0.3, -0.25) is 9.48 Å². The summed E-state index contributed by atoms with van der Waals surface area (Å²) in [6.45, 7) is 6.00.